The van der Waals surface area contributed by atoms with Crippen molar-refractivity contribution in [2.45, 2.75) is 59.1 Å². The van der Waals surface area contributed by atoms with Crippen molar-refractivity contribution in [1.82, 2.24) is 9.78 Å². The van der Waals surface area contributed by atoms with Gasteiger partial charge in [-0.15, -0.1) is 0 Å². The number of hydrogen-bond acceptors (Lipinski definition) is 3. The van der Waals surface area contributed by atoms with Gasteiger partial charge in [0.25, 0.3) is 0 Å². The molecule has 1 aromatic heterocycles. The quantitative estimate of drug-likeness (QED) is 0.779. The number of hydrogen-bond donors (Lipinski definition) is 0. The van der Waals surface area contributed by atoms with Gasteiger partial charge in [0.1, 0.15) is 0 Å². The van der Waals surface area contributed by atoms with Gasteiger partial charge in [0.2, 0.25) is 0 Å². The summed E-state index contributed by atoms with van der Waals surface area (Å²) in [4.78, 5) is 0. The summed E-state index contributed by atoms with van der Waals surface area (Å²) in [6.07, 6.45) is -0.898. The SMILES string of the molecule is [2H]c1c(B2OC(C)(C)C(C)(C)O2)nn(C([2H])([2H])C([2H])(C([2H])([2H])[2H])C([2H])([2H])[2H])c1[2H]. The first-order valence-electron chi connectivity index (χ1n) is 11.0. The highest BCUT2D eigenvalue weighted by atomic mass is 16.7. The summed E-state index contributed by atoms with van der Waals surface area (Å²) < 4.78 is 97.2. The van der Waals surface area contributed by atoms with E-state index in [1.54, 1.807) is 27.7 Å². The number of aromatic nitrogens is 2. The Balaban J connectivity index is 2.64. The summed E-state index contributed by atoms with van der Waals surface area (Å²) in [7, 11) is -1.26. The van der Waals surface area contributed by atoms with Crippen molar-refractivity contribution >= 4 is 12.7 Å². The van der Waals surface area contributed by atoms with E-state index in [9.17, 15) is 0 Å². The summed E-state index contributed by atoms with van der Waals surface area (Å²) in [5, 5.41) is 3.78. The Morgan fingerprint density at radius 1 is 1.50 bits per heavy atom. The number of rotatable bonds is 3. The minimum Gasteiger partial charge on any atom is -0.398 e. The molecule has 0 radical (unpaired) electrons. The first-order valence-corrected chi connectivity index (χ1v) is 5.54. The second-order valence-corrected chi connectivity index (χ2v) is 5.11. The minimum atomic E-state index is -3.66. The predicted molar refractivity (Wildman–Crippen MR) is 72.8 cm³/mol. The van der Waals surface area contributed by atoms with Crippen LogP contribution in [0.25, 0.3) is 0 Å². The summed E-state index contributed by atoms with van der Waals surface area (Å²) >= 11 is 0. The fourth-order valence-corrected chi connectivity index (χ4v) is 1.49. The summed E-state index contributed by atoms with van der Waals surface area (Å²) in [5.41, 5.74) is -1.96. The molecule has 0 aliphatic carbocycles. The van der Waals surface area contributed by atoms with E-state index in [1.807, 2.05) is 0 Å². The van der Waals surface area contributed by atoms with Crippen LogP contribution in [0, 0.1) is 5.89 Å². The molecular formula is C13H23BN2O2. The Morgan fingerprint density at radius 2 is 2.11 bits per heavy atom. The van der Waals surface area contributed by atoms with E-state index in [0.29, 0.717) is 0 Å². The highest BCUT2D eigenvalue weighted by Gasteiger charge is 2.52. The van der Waals surface area contributed by atoms with Crippen molar-refractivity contribution in [2.24, 2.45) is 5.89 Å². The summed E-state index contributed by atoms with van der Waals surface area (Å²) in [6.45, 7) is -3.75. The topological polar surface area (TPSA) is 36.3 Å². The third-order valence-corrected chi connectivity index (χ3v) is 3.19. The Morgan fingerprint density at radius 3 is 2.67 bits per heavy atom. The molecule has 0 atom stereocenters. The van der Waals surface area contributed by atoms with Gasteiger partial charge < -0.3 is 9.31 Å². The van der Waals surface area contributed by atoms with Crippen LogP contribution in [-0.4, -0.2) is 28.1 Å². The second kappa shape index (κ2) is 4.39. The maximum absolute atomic E-state index is 8.18. The first kappa shape index (κ1) is 5.29. The molecule has 18 heavy (non-hydrogen) atoms. The smallest absolute Gasteiger partial charge is 0.398 e. The van der Waals surface area contributed by atoms with Gasteiger partial charge in [-0.25, -0.2) is 0 Å². The Labute approximate surface area is 125 Å². The van der Waals surface area contributed by atoms with Crippen molar-refractivity contribution in [3.63, 3.8) is 0 Å². The zero-order valence-electron chi connectivity index (χ0n) is 21.8. The molecule has 0 spiro atoms. The highest BCUT2D eigenvalue weighted by Crippen LogP contribution is 2.36. The van der Waals surface area contributed by atoms with Crippen molar-refractivity contribution in [3.05, 3.63) is 12.2 Å². The molecule has 1 aromatic rings. The lowest BCUT2D eigenvalue weighted by Gasteiger charge is -2.32. The molecule has 2 rings (SSSR count). The fraction of sp³-hybridized carbons (Fsp3) is 0.769. The van der Waals surface area contributed by atoms with E-state index in [1.165, 1.54) is 0 Å². The van der Waals surface area contributed by atoms with E-state index >= 15 is 0 Å². The molecule has 2 heterocycles. The lowest BCUT2D eigenvalue weighted by atomic mass is 9.85. The Kier molecular flexibility index (Phi) is 1.29. The van der Waals surface area contributed by atoms with Gasteiger partial charge in [-0.2, -0.15) is 5.10 Å². The molecule has 0 bridgehead atoms. The van der Waals surface area contributed by atoms with Crippen LogP contribution in [0.3, 0.4) is 0 Å². The molecule has 0 saturated carbocycles. The minimum absolute atomic E-state index is 0.140. The normalized spacial score (nSPS) is 33.6. The van der Waals surface area contributed by atoms with Gasteiger partial charge in [0.05, 0.1) is 22.3 Å². The van der Waals surface area contributed by atoms with Gasteiger partial charge in [0, 0.05) is 22.3 Å². The molecule has 0 N–H and O–H groups in total. The maximum atomic E-state index is 8.18. The molecule has 100 valence electrons. The average Bonchev–Trinajstić information content (AvgIpc) is 2.90. The fourth-order valence-electron chi connectivity index (χ4n) is 1.49. The van der Waals surface area contributed by atoms with E-state index < -0.39 is 56.6 Å². The van der Waals surface area contributed by atoms with E-state index in [-0.39, 0.29) is 10.3 Å². The van der Waals surface area contributed by atoms with Crippen LogP contribution in [0.2, 0.25) is 0 Å². The molecule has 1 aliphatic rings. The van der Waals surface area contributed by atoms with Gasteiger partial charge in [-0.3, -0.25) is 4.68 Å². The van der Waals surface area contributed by atoms with Crippen LogP contribution in [-0.2, 0) is 15.8 Å². The monoisotopic (exact) mass is 261 g/mol. The molecule has 5 heteroatoms. The average molecular weight is 261 g/mol. The molecule has 1 aliphatic heterocycles. The zero-order chi connectivity index (χ0) is 23.0. The summed E-state index contributed by atoms with van der Waals surface area (Å²) in [6, 6.07) is -0.620. The molecule has 0 unspecified atom stereocenters. The molecule has 0 aromatic carbocycles. The van der Waals surface area contributed by atoms with Crippen molar-refractivity contribution < 1.29 is 24.4 Å². The van der Waals surface area contributed by atoms with Crippen LogP contribution in [0.5, 0.6) is 0 Å². The van der Waals surface area contributed by atoms with Crippen LogP contribution < -0.4 is 5.59 Å². The van der Waals surface area contributed by atoms with Crippen molar-refractivity contribution in [1.29, 1.82) is 0 Å². The van der Waals surface area contributed by atoms with Crippen LogP contribution in [0.15, 0.2) is 12.2 Å². The van der Waals surface area contributed by atoms with Gasteiger partial charge in [0.15, 0.2) is 0 Å². The third kappa shape index (κ3) is 2.47. The zero-order valence-corrected chi connectivity index (χ0v) is 10.8. The van der Waals surface area contributed by atoms with E-state index in [4.69, 9.17) is 24.4 Å². The van der Waals surface area contributed by atoms with Crippen molar-refractivity contribution in [2.75, 3.05) is 0 Å². The standard InChI is InChI=1S/C13H23BN2O2/c1-10(2)9-16-8-7-11(15-16)14-17-12(3,4)13(5,6)18-14/h7-8,10H,9H2,1-6H3/i1D3,2D3,7D,8D,9D2,10D. The molecular weight excluding hydrogens is 227 g/mol. The maximum Gasteiger partial charge on any atom is 0.516 e. The Hall–Kier alpha value is -0.805. The largest absolute Gasteiger partial charge is 0.516 e. The van der Waals surface area contributed by atoms with Crippen LogP contribution in [0.4, 0.5) is 0 Å². The third-order valence-electron chi connectivity index (χ3n) is 3.19. The lowest BCUT2D eigenvalue weighted by Crippen LogP contribution is -2.41. The van der Waals surface area contributed by atoms with E-state index in [2.05, 4.69) is 5.10 Å². The second-order valence-electron chi connectivity index (χ2n) is 5.11. The Bertz CT molecular complexity index is 770. The van der Waals surface area contributed by atoms with Crippen LogP contribution in [0.1, 0.15) is 56.5 Å². The predicted octanol–water partition coefficient (Wildman–Crippen LogP) is 1.84. The lowest BCUT2D eigenvalue weighted by molar-refractivity contribution is 0.00578. The van der Waals surface area contributed by atoms with Gasteiger partial charge in [-0.05, 0) is 39.6 Å². The molecule has 1 fully saturated rings. The molecule has 4 nitrogen and oxygen atoms in total. The molecule has 0 amide bonds. The summed E-state index contributed by atoms with van der Waals surface area (Å²) in [5.74, 6) is -3.66. The molecule has 1 saturated heterocycles. The van der Waals surface area contributed by atoms with Crippen molar-refractivity contribution in [3.8, 4) is 0 Å². The van der Waals surface area contributed by atoms with Gasteiger partial charge >= 0.3 is 7.12 Å². The van der Waals surface area contributed by atoms with Crippen LogP contribution >= 0.6 is 0 Å². The number of nitrogens with zero attached hydrogens (tertiary/aromatic N) is 2. The first-order chi connectivity index (χ1) is 12.6. The highest BCUT2D eigenvalue weighted by molar-refractivity contribution is 6.61. The van der Waals surface area contributed by atoms with E-state index in [0.717, 1.165) is 0 Å². The van der Waals surface area contributed by atoms with Gasteiger partial charge in [-0.1, -0.05) is 13.7 Å².